The molecule has 1 atom stereocenters. The first-order valence-corrected chi connectivity index (χ1v) is 10.2. The van der Waals surface area contributed by atoms with Crippen molar-refractivity contribution in [3.8, 4) is 11.5 Å². The highest BCUT2D eigenvalue weighted by molar-refractivity contribution is 5.79. The van der Waals surface area contributed by atoms with Crippen molar-refractivity contribution < 1.29 is 9.47 Å². The van der Waals surface area contributed by atoms with E-state index < -0.39 is 0 Å². The Morgan fingerprint density at radius 3 is 2.76 bits per heavy atom. The highest BCUT2D eigenvalue weighted by Crippen LogP contribution is 2.26. The molecule has 0 aromatic heterocycles. The number of nitrogens with zero attached hydrogens (tertiary/aromatic N) is 2. The number of methoxy groups -OCH3 is 2. The van der Waals surface area contributed by atoms with Crippen LogP contribution in [0.2, 0.25) is 0 Å². The third-order valence-corrected chi connectivity index (χ3v) is 5.37. The van der Waals surface area contributed by atoms with Gasteiger partial charge in [0.2, 0.25) is 0 Å². The molecule has 0 aliphatic carbocycles. The fourth-order valence-corrected chi connectivity index (χ4v) is 3.73. The van der Waals surface area contributed by atoms with Crippen LogP contribution in [-0.4, -0.2) is 53.4 Å². The first-order valence-electron chi connectivity index (χ1n) is 10.2. The monoisotopic (exact) mass is 396 g/mol. The Morgan fingerprint density at radius 2 is 1.97 bits per heavy atom. The minimum absolute atomic E-state index is 0.592. The summed E-state index contributed by atoms with van der Waals surface area (Å²) < 4.78 is 10.8. The molecule has 0 spiro atoms. The maximum Gasteiger partial charge on any atom is 0.190 e. The van der Waals surface area contributed by atoms with Gasteiger partial charge in [0.15, 0.2) is 5.96 Å². The molecule has 6 heteroatoms. The van der Waals surface area contributed by atoms with E-state index >= 15 is 0 Å². The molecule has 1 aliphatic rings. The van der Waals surface area contributed by atoms with Crippen molar-refractivity contribution in [3.05, 3.63) is 54.1 Å². The normalized spacial score (nSPS) is 16.6. The molecule has 6 nitrogen and oxygen atoms in total. The second kappa shape index (κ2) is 10.6. The summed E-state index contributed by atoms with van der Waals surface area (Å²) in [4.78, 5) is 6.78. The van der Waals surface area contributed by atoms with Crippen LogP contribution in [0.5, 0.6) is 11.5 Å². The van der Waals surface area contributed by atoms with Gasteiger partial charge in [0.25, 0.3) is 0 Å². The molecule has 0 amide bonds. The van der Waals surface area contributed by atoms with E-state index in [1.54, 1.807) is 14.2 Å². The molecule has 156 valence electrons. The second-order valence-corrected chi connectivity index (χ2v) is 7.24. The maximum atomic E-state index is 5.42. The van der Waals surface area contributed by atoms with Gasteiger partial charge in [-0.1, -0.05) is 24.3 Å². The SMILES string of the molecule is CN=C(NCCc1ccccc1OC)NCC1CCN(c2cccc(OC)c2)C1. The molecule has 2 N–H and O–H groups in total. The second-order valence-electron chi connectivity index (χ2n) is 7.24. The van der Waals surface area contributed by atoms with Gasteiger partial charge in [0.05, 0.1) is 14.2 Å². The molecule has 1 heterocycles. The van der Waals surface area contributed by atoms with Crippen molar-refractivity contribution >= 4 is 11.6 Å². The zero-order valence-electron chi connectivity index (χ0n) is 17.6. The first-order chi connectivity index (χ1) is 14.2. The highest BCUT2D eigenvalue weighted by atomic mass is 16.5. The predicted molar refractivity (Wildman–Crippen MR) is 119 cm³/mol. The minimum atomic E-state index is 0.592. The number of anilines is 1. The molecule has 0 saturated carbocycles. The summed E-state index contributed by atoms with van der Waals surface area (Å²) in [6, 6.07) is 16.4. The lowest BCUT2D eigenvalue weighted by molar-refractivity contribution is 0.409. The van der Waals surface area contributed by atoms with Gasteiger partial charge >= 0.3 is 0 Å². The number of hydrogen-bond acceptors (Lipinski definition) is 4. The van der Waals surface area contributed by atoms with Crippen LogP contribution in [0.15, 0.2) is 53.5 Å². The Labute approximate surface area is 173 Å². The first kappa shape index (κ1) is 20.8. The van der Waals surface area contributed by atoms with E-state index in [-0.39, 0.29) is 0 Å². The van der Waals surface area contributed by atoms with Gasteiger partial charge < -0.3 is 25.0 Å². The third-order valence-electron chi connectivity index (χ3n) is 5.37. The van der Waals surface area contributed by atoms with Crippen LogP contribution in [0.3, 0.4) is 0 Å². The molecule has 1 unspecified atom stereocenters. The van der Waals surface area contributed by atoms with E-state index in [9.17, 15) is 0 Å². The van der Waals surface area contributed by atoms with Gasteiger partial charge in [-0.3, -0.25) is 4.99 Å². The number of ether oxygens (including phenoxy) is 2. The van der Waals surface area contributed by atoms with Crippen LogP contribution in [0.4, 0.5) is 5.69 Å². The van der Waals surface area contributed by atoms with Crippen LogP contribution in [0, 0.1) is 5.92 Å². The topological polar surface area (TPSA) is 58.1 Å². The summed E-state index contributed by atoms with van der Waals surface area (Å²) in [6.45, 7) is 3.83. The summed E-state index contributed by atoms with van der Waals surface area (Å²) in [5.41, 5.74) is 2.42. The lowest BCUT2D eigenvalue weighted by atomic mass is 10.1. The van der Waals surface area contributed by atoms with Crippen LogP contribution in [-0.2, 0) is 6.42 Å². The smallest absolute Gasteiger partial charge is 0.190 e. The zero-order valence-corrected chi connectivity index (χ0v) is 17.6. The van der Waals surface area contributed by atoms with Gasteiger partial charge in [0, 0.05) is 45.0 Å². The fourth-order valence-electron chi connectivity index (χ4n) is 3.73. The van der Waals surface area contributed by atoms with E-state index in [0.717, 1.165) is 50.1 Å². The van der Waals surface area contributed by atoms with Gasteiger partial charge in [-0.05, 0) is 42.5 Å². The van der Waals surface area contributed by atoms with Crippen molar-refractivity contribution in [1.82, 2.24) is 10.6 Å². The number of hydrogen-bond donors (Lipinski definition) is 2. The van der Waals surface area contributed by atoms with Crippen LogP contribution in [0.1, 0.15) is 12.0 Å². The molecule has 29 heavy (non-hydrogen) atoms. The average molecular weight is 397 g/mol. The fraction of sp³-hybridized carbons (Fsp3) is 0.435. The van der Waals surface area contributed by atoms with Crippen molar-refractivity contribution in [2.45, 2.75) is 12.8 Å². The van der Waals surface area contributed by atoms with Gasteiger partial charge in [-0.2, -0.15) is 0 Å². The van der Waals surface area contributed by atoms with Crippen molar-refractivity contribution in [3.63, 3.8) is 0 Å². The van der Waals surface area contributed by atoms with Crippen LogP contribution < -0.4 is 25.0 Å². The summed E-state index contributed by atoms with van der Waals surface area (Å²) in [5.74, 6) is 3.28. The average Bonchev–Trinajstić information content (AvgIpc) is 3.25. The maximum absolute atomic E-state index is 5.42. The van der Waals surface area contributed by atoms with Crippen molar-refractivity contribution in [2.24, 2.45) is 10.9 Å². The molecule has 0 bridgehead atoms. The summed E-state index contributed by atoms with van der Waals surface area (Å²) in [6.07, 6.45) is 2.06. The predicted octanol–water partition coefficient (Wildman–Crippen LogP) is 2.94. The molecule has 1 fully saturated rings. The third kappa shape index (κ3) is 5.79. The van der Waals surface area contributed by atoms with Crippen molar-refractivity contribution in [1.29, 1.82) is 0 Å². The van der Waals surface area contributed by atoms with E-state index in [0.29, 0.717) is 5.92 Å². The Kier molecular flexibility index (Phi) is 7.61. The minimum Gasteiger partial charge on any atom is -0.497 e. The largest absolute Gasteiger partial charge is 0.497 e. The Morgan fingerprint density at radius 1 is 1.10 bits per heavy atom. The van der Waals surface area contributed by atoms with Crippen molar-refractivity contribution in [2.75, 3.05) is 52.3 Å². The Hall–Kier alpha value is -2.89. The lowest BCUT2D eigenvalue weighted by Gasteiger charge is -2.20. The van der Waals surface area contributed by atoms with Crippen LogP contribution >= 0.6 is 0 Å². The summed E-state index contributed by atoms with van der Waals surface area (Å²) in [5, 5.41) is 6.88. The van der Waals surface area contributed by atoms with E-state index in [1.165, 1.54) is 17.7 Å². The van der Waals surface area contributed by atoms with E-state index in [2.05, 4.69) is 38.7 Å². The number of rotatable bonds is 8. The van der Waals surface area contributed by atoms with E-state index in [4.69, 9.17) is 9.47 Å². The molecule has 2 aromatic carbocycles. The number of guanidine groups is 1. The molecule has 0 radical (unpaired) electrons. The van der Waals surface area contributed by atoms with Gasteiger partial charge in [-0.25, -0.2) is 0 Å². The molecule has 3 rings (SSSR count). The standard InChI is InChI=1S/C23H32N4O2/c1-24-23(25-13-11-19-7-4-5-10-22(19)29-3)26-16-18-12-14-27(17-18)20-8-6-9-21(15-20)28-2/h4-10,15,18H,11-14,16-17H2,1-3H3,(H2,24,25,26). The summed E-state index contributed by atoms with van der Waals surface area (Å²) in [7, 11) is 5.24. The molecular formula is C23H32N4O2. The Bertz CT molecular complexity index is 809. The van der Waals surface area contributed by atoms with Crippen LogP contribution in [0.25, 0.3) is 0 Å². The number of nitrogens with one attached hydrogen (secondary N) is 2. The Balaban J connectivity index is 1.43. The molecule has 1 saturated heterocycles. The summed E-state index contributed by atoms with van der Waals surface area (Å²) >= 11 is 0. The molecule has 2 aromatic rings. The lowest BCUT2D eigenvalue weighted by Crippen LogP contribution is -2.41. The highest BCUT2D eigenvalue weighted by Gasteiger charge is 2.23. The number of benzene rings is 2. The van der Waals surface area contributed by atoms with E-state index in [1.807, 2.05) is 37.4 Å². The zero-order chi connectivity index (χ0) is 20.5. The molecule has 1 aliphatic heterocycles. The van der Waals surface area contributed by atoms with Gasteiger partial charge in [-0.15, -0.1) is 0 Å². The quantitative estimate of drug-likeness (QED) is 0.531. The number of aliphatic imine (C=N–C) groups is 1. The van der Waals surface area contributed by atoms with Gasteiger partial charge in [0.1, 0.15) is 11.5 Å². The molecular weight excluding hydrogens is 364 g/mol. The number of para-hydroxylation sites is 1.